The SMILES string of the molecule is CCCCNC(=O)/C(C#N)=C/c1cc(OC)c(OC(F)F)cc1[N+](=O)[O-]. The van der Waals surface area contributed by atoms with Gasteiger partial charge in [-0.05, 0) is 18.6 Å². The highest BCUT2D eigenvalue weighted by molar-refractivity contribution is 6.02. The van der Waals surface area contributed by atoms with Crippen LogP contribution in [0.3, 0.4) is 0 Å². The Kier molecular flexibility index (Phi) is 7.95. The lowest BCUT2D eigenvalue weighted by atomic mass is 10.1. The maximum absolute atomic E-state index is 12.4. The lowest BCUT2D eigenvalue weighted by Crippen LogP contribution is -2.25. The Bertz CT molecular complexity index is 744. The third kappa shape index (κ3) is 5.70. The van der Waals surface area contributed by atoms with Crippen LogP contribution in [0.1, 0.15) is 25.3 Å². The third-order valence-electron chi connectivity index (χ3n) is 3.21. The summed E-state index contributed by atoms with van der Waals surface area (Å²) in [7, 11) is 1.16. The number of nitriles is 1. The van der Waals surface area contributed by atoms with E-state index in [0.717, 1.165) is 31.7 Å². The quantitative estimate of drug-likeness (QED) is 0.235. The number of carbonyl (C=O) groups excluding carboxylic acids is 1. The second-order valence-corrected chi connectivity index (χ2v) is 4.98. The van der Waals surface area contributed by atoms with Gasteiger partial charge in [0, 0.05) is 6.54 Å². The second-order valence-electron chi connectivity index (χ2n) is 4.98. The molecular weight excluding hydrogens is 352 g/mol. The lowest BCUT2D eigenvalue weighted by molar-refractivity contribution is -0.385. The standard InChI is InChI=1S/C16H17F2N3O5/c1-3-4-5-20-15(22)11(9-19)6-10-7-13(25-2)14(26-16(17)18)8-12(10)21(23)24/h6-8,16H,3-5H2,1-2H3,(H,20,22)/b11-6+. The molecule has 0 heterocycles. The van der Waals surface area contributed by atoms with Gasteiger partial charge in [0.15, 0.2) is 11.5 Å². The first-order valence-electron chi connectivity index (χ1n) is 7.55. The van der Waals surface area contributed by atoms with Crippen LogP contribution in [0, 0.1) is 21.4 Å². The fourth-order valence-corrected chi connectivity index (χ4v) is 1.96. The predicted octanol–water partition coefficient (Wildman–Crippen LogP) is 3.03. The highest BCUT2D eigenvalue weighted by Crippen LogP contribution is 2.36. The summed E-state index contributed by atoms with van der Waals surface area (Å²) in [6.07, 6.45) is 2.53. The molecule has 10 heteroatoms. The van der Waals surface area contributed by atoms with E-state index in [9.17, 15) is 23.7 Å². The van der Waals surface area contributed by atoms with E-state index in [1.807, 2.05) is 6.92 Å². The number of nitrogens with one attached hydrogen (secondary N) is 1. The molecule has 1 rings (SSSR count). The topological polar surface area (TPSA) is 114 Å². The number of ether oxygens (including phenoxy) is 2. The Morgan fingerprint density at radius 1 is 1.46 bits per heavy atom. The molecule has 0 spiro atoms. The molecule has 140 valence electrons. The molecule has 1 amide bonds. The van der Waals surface area contributed by atoms with Crippen molar-refractivity contribution in [3.8, 4) is 17.6 Å². The predicted molar refractivity (Wildman–Crippen MR) is 87.8 cm³/mol. The molecule has 1 N–H and O–H groups in total. The lowest BCUT2D eigenvalue weighted by Gasteiger charge is -2.11. The molecule has 0 unspecified atom stereocenters. The monoisotopic (exact) mass is 369 g/mol. The fraction of sp³-hybridized carbons (Fsp3) is 0.375. The summed E-state index contributed by atoms with van der Waals surface area (Å²) in [5.41, 5.74) is -1.14. The molecule has 0 aliphatic heterocycles. The average molecular weight is 369 g/mol. The van der Waals surface area contributed by atoms with Crippen LogP contribution in [0.2, 0.25) is 0 Å². The summed E-state index contributed by atoms with van der Waals surface area (Å²) < 4.78 is 33.9. The molecule has 8 nitrogen and oxygen atoms in total. The summed E-state index contributed by atoms with van der Waals surface area (Å²) in [5.74, 6) is -1.43. The van der Waals surface area contributed by atoms with Crippen LogP contribution >= 0.6 is 0 Å². The van der Waals surface area contributed by atoms with Crippen molar-refractivity contribution in [3.63, 3.8) is 0 Å². The maximum atomic E-state index is 12.4. The Morgan fingerprint density at radius 3 is 2.65 bits per heavy atom. The number of nitro groups is 1. The number of nitrogens with zero attached hydrogens (tertiary/aromatic N) is 2. The van der Waals surface area contributed by atoms with Gasteiger partial charge < -0.3 is 14.8 Å². The largest absolute Gasteiger partial charge is 0.493 e. The van der Waals surface area contributed by atoms with E-state index >= 15 is 0 Å². The second kappa shape index (κ2) is 9.93. The molecule has 26 heavy (non-hydrogen) atoms. The van der Waals surface area contributed by atoms with Crippen LogP contribution in [0.15, 0.2) is 17.7 Å². The number of alkyl halides is 2. The van der Waals surface area contributed by atoms with Gasteiger partial charge in [0.1, 0.15) is 11.6 Å². The molecule has 0 radical (unpaired) electrons. The van der Waals surface area contributed by atoms with Crippen molar-refractivity contribution >= 4 is 17.7 Å². The van der Waals surface area contributed by atoms with E-state index in [1.165, 1.54) is 0 Å². The summed E-state index contributed by atoms with van der Waals surface area (Å²) >= 11 is 0. The fourth-order valence-electron chi connectivity index (χ4n) is 1.96. The van der Waals surface area contributed by atoms with Gasteiger partial charge in [-0.15, -0.1) is 0 Å². The van der Waals surface area contributed by atoms with Gasteiger partial charge in [0.25, 0.3) is 11.6 Å². The summed E-state index contributed by atoms with van der Waals surface area (Å²) in [4.78, 5) is 22.4. The number of hydrogen-bond donors (Lipinski definition) is 1. The molecular formula is C16H17F2N3O5. The molecule has 0 saturated heterocycles. The average Bonchev–Trinajstić information content (AvgIpc) is 2.59. The number of hydrogen-bond acceptors (Lipinski definition) is 6. The van der Waals surface area contributed by atoms with Crippen molar-refractivity contribution in [1.29, 1.82) is 5.26 Å². The van der Waals surface area contributed by atoms with E-state index in [1.54, 1.807) is 6.07 Å². The van der Waals surface area contributed by atoms with E-state index in [0.29, 0.717) is 13.0 Å². The van der Waals surface area contributed by atoms with Gasteiger partial charge in [-0.1, -0.05) is 13.3 Å². The number of nitro benzene ring substituents is 1. The Balaban J connectivity index is 3.33. The molecule has 0 fully saturated rings. The molecule has 0 aliphatic carbocycles. The van der Waals surface area contributed by atoms with Gasteiger partial charge in [-0.3, -0.25) is 14.9 Å². The van der Waals surface area contributed by atoms with Crippen LogP contribution in [0.4, 0.5) is 14.5 Å². The smallest absolute Gasteiger partial charge is 0.387 e. The molecule has 0 aliphatic rings. The summed E-state index contributed by atoms with van der Waals surface area (Å²) in [6, 6.07) is 3.46. The van der Waals surface area contributed by atoms with E-state index in [4.69, 9.17) is 10.00 Å². The van der Waals surface area contributed by atoms with Crippen molar-refractivity contribution in [2.24, 2.45) is 0 Å². The molecule has 1 aromatic carbocycles. The normalized spacial score (nSPS) is 11.0. The zero-order valence-electron chi connectivity index (χ0n) is 14.1. The first-order chi connectivity index (χ1) is 12.3. The number of unbranched alkanes of at least 4 members (excludes halogenated alkanes) is 1. The maximum Gasteiger partial charge on any atom is 0.387 e. The Labute approximate surface area is 148 Å². The van der Waals surface area contributed by atoms with Crippen molar-refractivity contribution in [3.05, 3.63) is 33.4 Å². The third-order valence-corrected chi connectivity index (χ3v) is 3.21. The zero-order chi connectivity index (χ0) is 19.7. The first kappa shape index (κ1) is 20.8. The summed E-state index contributed by atoms with van der Waals surface area (Å²) in [6.45, 7) is -0.934. The zero-order valence-corrected chi connectivity index (χ0v) is 14.1. The van der Waals surface area contributed by atoms with Crippen LogP contribution in [0.5, 0.6) is 11.5 Å². The Hall–Kier alpha value is -3.22. The van der Waals surface area contributed by atoms with Crippen LogP contribution in [0.25, 0.3) is 6.08 Å². The number of carbonyl (C=O) groups is 1. The van der Waals surface area contributed by atoms with Gasteiger partial charge in [0.05, 0.1) is 23.7 Å². The first-order valence-corrected chi connectivity index (χ1v) is 7.55. The molecule has 1 aromatic rings. The van der Waals surface area contributed by atoms with Gasteiger partial charge in [0.2, 0.25) is 0 Å². The Morgan fingerprint density at radius 2 is 2.15 bits per heavy atom. The minimum Gasteiger partial charge on any atom is -0.493 e. The van der Waals surface area contributed by atoms with Crippen LogP contribution < -0.4 is 14.8 Å². The minimum absolute atomic E-state index is 0.157. The molecule has 0 aromatic heterocycles. The van der Waals surface area contributed by atoms with Gasteiger partial charge in [-0.25, -0.2) is 0 Å². The number of methoxy groups -OCH3 is 1. The van der Waals surface area contributed by atoms with Crippen molar-refractivity contribution < 1.29 is 28.0 Å². The highest BCUT2D eigenvalue weighted by Gasteiger charge is 2.22. The summed E-state index contributed by atoms with van der Waals surface area (Å²) in [5, 5.41) is 22.9. The van der Waals surface area contributed by atoms with E-state index in [-0.39, 0.29) is 16.9 Å². The van der Waals surface area contributed by atoms with Crippen LogP contribution in [-0.2, 0) is 4.79 Å². The van der Waals surface area contributed by atoms with Crippen molar-refractivity contribution in [2.45, 2.75) is 26.4 Å². The number of benzene rings is 1. The molecule has 0 atom stereocenters. The minimum atomic E-state index is -3.20. The number of rotatable bonds is 9. The number of halogens is 2. The van der Waals surface area contributed by atoms with Gasteiger partial charge in [-0.2, -0.15) is 14.0 Å². The van der Waals surface area contributed by atoms with Gasteiger partial charge >= 0.3 is 6.61 Å². The van der Waals surface area contributed by atoms with Crippen LogP contribution in [-0.4, -0.2) is 31.1 Å². The molecule has 0 bridgehead atoms. The van der Waals surface area contributed by atoms with E-state index in [2.05, 4.69) is 10.1 Å². The number of amides is 1. The van der Waals surface area contributed by atoms with Crippen molar-refractivity contribution in [1.82, 2.24) is 5.32 Å². The van der Waals surface area contributed by atoms with E-state index < -0.39 is 28.9 Å². The highest BCUT2D eigenvalue weighted by atomic mass is 19.3. The molecule has 0 saturated carbocycles. The van der Waals surface area contributed by atoms with Crippen molar-refractivity contribution in [2.75, 3.05) is 13.7 Å².